The number of aliphatic hydroxyl groups is 3. The van der Waals surface area contributed by atoms with Crippen LogP contribution in [0.3, 0.4) is 0 Å². The first-order chi connectivity index (χ1) is 14.2. The molecule has 1 aliphatic rings. The number of aliphatic hydroxyl groups excluding tert-OH is 1. The molecule has 0 amide bonds. The molecule has 0 spiro atoms. The molecule has 3 N–H and O–H groups in total. The predicted molar refractivity (Wildman–Crippen MR) is 104 cm³/mol. The van der Waals surface area contributed by atoms with E-state index in [9.17, 15) is 15.3 Å². The van der Waals surface area contributed by atoms with Crippen LogP contribution in [0.1, 0.15) is 5.56 Å². The summed E-state index contributed by atoms with van der Waals surface area (Å²) in [7, 11) is 4.19. The van der Waals surface area contributed by atoms with Gasteiger partial charge in [-0.1, -0.05) is 23.7 Å². The highest BCUT2D eigenvalue weighted by Gasteiger charge is 2.59. The van der Waals surface area contributed by atoms with Gasteiger partial charge >= 0.3 is 6.01 Å². The molecule has 11 heteroatoms. The van der Waals surface area contributed by atoms with Crippen molar-refractivity contribution in [2.75, 3.05) is 27.9 Å². The lowest BCUT2D eigenvalue weighted by atomic mass is 9.84. The van der Waals surface area contributed by atoms with E-state index in [1.165, 1.54) is 27.4 Å². The summed E-state index contributed by atoms with van der Waals surface area (Å²) in [4.78, 5) is 8.07. The second-order valence-corrected chi connectivity index (χ2v) is 7.30. The van der Waals surface area contributed by atoms with E-state index in [1.54, 1.807) is 24.3 Å². The lowest BCUT2D eigenvalue weighted by Gasteiger charge is -2.47. The zero-order chi connectivity index (χ0) is 21.9. The maximum Gasteiger partial charge on any atom is 0.322 e. The number of hydrogen-bond acceptors (Lipinski definition) is 10. The van der Waals surface area contributed by atoms with Crippen molar-refractivity contribution in [3.63, 3.8) is 0 Å². The van der Waals surface area contributed by atoms with Crippen LogP contribution in [-0.4, -0.2) is 76.3 Å². The number of methoxy groups -OCH3 is 3. The smallest absolute Gasteiger partial charge is 0.322 e. The number of aromatic nitrogens is 2. The van der Waals surface area contributed by atoms with Crippen LogP contribution in [-0.2, 0) is 15.9 Å². The number of ether oxygens (including phenoxy) is 5. The van der Waals surface area contributed by atoms with Crippen LogP contribution in [0.25, 0.3) is 0 Å². The van der Waals surface area contributed by atoms with E-state index >= 15 is 0 Å². The number of alkyl halides is 1. The molecule has 4 atom stereocenters. The molecule has 1 saturated heterocycles. The first-order valence-electron chi connectivity index (χ1n) is 8.92. The van der Waals surface area contributed by atoms with Gasteiger partial charge in [-0.25, -0.2) is 0 Å². The number of benzene rings is 1. The Hall–Kier alpha value is -2.21. The fourth-order valence-electron chi connectivity index (χ4n) is 3.01. The van der Waals surface area contributed by atoms with Gasteiger partial charge in [-0.3, -0.25) is 0 Å². The van der Waals surface area contributed by atoms with E-state index in [2.05, 4.69) is 9.97 Å². The molecule has 0 radical (unpaired) electrons. The molecule has 1 fully saturated rings. The molecule has 3 rings (SSSR count). The number of rotatable bonds is 7. The van der Waals surface area contributed by atoms with Crippen molar-refractivity contribution in [3.05, 3.63) is 35.9 Å². The minimum atomic E-state index is -2.37. The molecule has 164 valence electrons. The largest absolute Gasteiger partial charge is 0.481 e. The van der Waals surface area contributed by atoms with Crippen LogP contribution < -0.4 is 14.2 Å². The fourth-order valence-corrected chi connectivity index (χ4v) is 3.23. The van der Waals surface area contributed by atoms with Gasteiger partial charge < -0.3 is 39.0 Å². The monoisotopic (exact) mass is 442 g/mol. The quantitative estimate of drug-likeness (QED) is 0.530. The van der Waals surface area contributed by atoms with E-state index < -0.39 is 23.1 Å². The third kappa shape index (κ3) is 4.43. The van der Waals surface area contributed by atoms with Gasteiger partial charge in [-0.2, -0.15) is 9.97 Å². The topological polar surface area (TPSA) is 133 Å². The molecule has 1 aromatic carbocycles. The highest BCUT2D eigenvalue weighted by molar-refractivity contribution is 6.24. The van der Waals surface area contributed by atoms with Crippen molar-refractivity contribution < 1.29 is 39.0 Å². The van der Waals surface area contributed by atoms with Crippen molar-refractivity contribution in [3.8, 4) is 23.5 Å². The van der Waals surface area contributed by atoms with E-state index in [0.717, 1.165) is 0 Å². The molecule has 0 saturated carbocycles. The van der Waals surface area contributed by atoms with Gasteiger partial charge in [0.25, 0.3) is 0 Å². The normalized spacial score (nSPS) is 28.8. The SMILES string of the molecule is COc1cc(Oc2ccc(CC3(O)COC(OC)C(O)C3(O)Cl)cc2)nc(OC)n1. The Kier molecular flexibility index (Phi) is 6.65. The van der Waals surface area contributed by atoms with Crippen LogP contribution in [0.2, 0.25) is 0 Å². The van der Waals surface area contributed by atoms with Gasteiger partial charge in [0.2, 0.25) is 16.8 Å². The molecule has 30 heavy (non-hydrogen) atoms. The molecule has 0 bridgehead atoms. The minimum absolute atomic E-state index is 0.0874. The van der Waals surface area contributed by atoms with Crippen LogP contribution in [0.5, 0.6) is 23.5 Å². The van der Waals surface area contributed by atoms with Crippen LogP contribution in [0.4, 0.5) is 0 Å². The Morgan fingerprint density at radius 2 is 1.77 bits per heavy atom. The van der Waals surface area contributed by atoms with Crippen LogP contribution in [0, 0.1) is 0 Å². The zero-order valence-corrected chi connectivity index (χ0v) is 17.4. The Bertz CT molecular complexity index is 844. The van der Waals surface area contributed by atoms with Crippen molar-refractivity contribution >= 4 is 11.6 Å². The third-order valence-corrected chi connectivity index (χ3v) is 5.29. The van der Waals surface area contributed by atoms with Crippen LogP contribution >= 0.6 is 11.6 Å². The molecule has 4 unspecified atom stereocenters. The second kappa shape index (κ2) is 8.88. The molecular formula is C19H23ClN2O8. The molecule has 1 aromatic heterocycles. The first kappa shape index (κ1) is 22.5. The van der Waals surface area contributed by atoms with Crippen molar-refractivity contribution in [1.29, 1.82) is 0 Å². The molecule has 10 nitrogen and oxygen atoms in total. The maximum absolute atomic E-state index is 10.9. The first-order valence-corrected chi connectivity index (χ1v) is 9.30. The lowest BCUT2D eigenvalue weighted by Crippen LogP contribution is -2.68. The standard InChI is InChI=1S/C19H23ClN2O8/c1-26-13-8-14(22-17(21-13)28-3)30-12-6-4-11(5-7-12)9-18(24)10-29-16(27-2)15(23)19(18,20)25/h4-8,15-16,23-25H,9-10H2,1-3H3. The number of nitrogens with zero attached hydrogens (tertiary/aromatic N) is 2. The zero-order valence-electron chi connectivity index (χ0n) is 16.6. The summed E-state index contributed by atoms with van der Waals surface area (Å²) >= 11 is 6.08. The van der Waals surface area contributed by atoms with E-state index in [-0.39, 0.29) is 30.8 Å². The molecule has 2 aromatic rings. The Balaban J connectivity index is 1.73. The van der Waals surface area contributed by atoms with Gasteiger partial charge in [-0.15, -0.1) is 0 Å². The average Bonchev–Trinajstić information content (AvgIpc) is 2.74. The molecule has 2 heterocycles. The molecular weight excluding hydrogens is 420 g/mol. The minimum Gasteiger partial charge on any atom is -0.481 e. The van der Waals surface area contributed by atoms with Crippen LogP contribution in [0.15, 0.2) is 30.3 Å². The summed E-state index contributed by atoms with van der Waals surface area (Å²) < 4.78 is 26.0. The second-order valence-electron chi connectivity index (χ2n) is 6.72. The van der Waals surface area contributed by atoms with E-state index in [1.807, 2.05) is 0 Å². The summed E-state index contributed by atoms with van der Waals surface area (Å²) in [5, 5.41) is 29.2. The van der Waals surface area contributed by atoms with E-state index in [0.29, 0.717) is 11.3 Å². The van der Waals surface area contributed by atoms with Gasteiger partial charge in [0.15, 0.2) is 12.4 Å². The van der Waals surface area contributed by atoms with Gasteiger partial charge in [0.05, 0.1) is 26.9 Å². The van der Waals surface area contributed by atoms with Gasteiger partial charge in [-0.05, 0) is 17.7 Å². The third-order valence-electron chi connectivity index (χ3n) is 4.71. The Morgan fingerprint density at radius 3 is 2.37 bits per heavy atom. The summed E-state index contributed by atoms with van der Waals surface area (Å²) in [5.41, 5.74) is -1.33. The Labute approximate surface area is 177 Å². The summed E-state index contributed by atoms with van der Waals surface area (Å²) in [6.45, 7) is -0.332. The van der Waals surface area contributed by atoms with Crippen molar-refractivity contribution in [2.24, 2.45) is 0 Å². The summed E-state index contributed by atoms with van der Waals surface area (Å²) in [6.07, 6.45) is -2.88. The Morgan fingerprint density at radius 1 is 1.10 bits per heavy atom. The average molecular weight is 443 g/mol. The maximum atomic E-state index is 10.9. The van der Waals surface area contributed by atoms with E-state index in [4.69, 9.17) is 35.3 Å². The predicted octanol–water partition coefficient (Wildman–Crippen LogP) is 0.851. The highest BCUT2D eigenvalue weighted by atomic mass is 35.5. The van der Waals surface area contributed by atoms with Crippen molar-refractivity contribution in [1.82, 2.24) is 9.97 Å². The summed E-state index contributed by atoms with van der Waals surface area (Å²) in [5.74, 6) is 0.950. The number of halogens is 1. The van der Waals surface area contributed by atoms with Crippen molar-refractivity contribution in [2.45, 2.75) is 29.5 Å². The van der Waals surface area contributed by atoms with Gasteiger partial charge in [0.1, 0.15) is 11.4 Å². The van der Waals surface area contributed by atoms with Gasteiger partial charge in [0, 0.05) is 13.5 Å². The fraction of sp³-hybridized carbons (Fsp3) is 0.474. The summed E-state index contributed by atoms with van der Waals surface area (Å²) in [6, 6.07) is 8.22. The molecule has 0 aliphatic carbocycles. The lowest BCUT2D eigenvalue weighted by molar-refractivity contribution is -0.306. The number of hydrogen-bond donors (Lipinski definition) is 3. The highest BCUT2D eigenvalue weighted by Crippen LogP contribution is 2.40. The molecule has 1 aliphatic heterocycles.